The van der Waals surface area contributed by atoms with Crippen LogP contribution in [0.5, 0.6) is 0 Å². The molecule has 0 saturated carbocycles. The Morgan fingerprint density at radius 2 is 2.46 bits per heavy atom. The van der Waals surface area contributed by atoms with Crippen molar-refractivity contribution in [1.29, 1.82) is 0 Å². The molecule has 1 rings (SSSR count). The summed E-state index contributed by atoms with van der Waals surface area (Å²) >= 11 is 5.53. The van der Waals surface area contributed by atoms with Gasteiger partial charge >= 0.3 is 0 Å². The van der Waals surface area contributed by atoms with E-state index in [1.165, 1.54) is 0 Å². The van der Waals surface area contributed by atoms with Crippen LogP contribution in [0, 0.1) is 5.92 Å². The third kappa shape index (κ3) is 3.03. The highest BCUT2D eigenvalue weighted by atomic mass is 35.5. The van der Waals surface area contributed by atoms with Gasteiger partial charge in [-0.2, -0.15) is 0 Å². The molecule has 0 spiro atoms. The van der Waals surface area contributed by atoms with E-state index in [2.05, 4.69) is 10.3 Å². The second-order valence-electron chi connectivity index (χ2n) is 2.76. The van der Waals surface area contributed by atoms with Crippen molar-refractivity contribution in [2.45, 2.75) is 6.92 Å². The van der Waals surface area contributed by atoms with Crippen LogP contribution in [0.2, 0.25) is 0 Å². The molecule has 1 aromatic rings. The van der Waals surface area contributed by atoms with Gasteiger partial charge < -0.3 is 5.32 Å². The number of halogens is 1. The molecule has 1 aromatic heterocycles. The van der Waals surface area contributed by atoms with Crippen LogP contribution in [-0.2, 0) is 4.79 Å². The number of amides is 1. The van der Waals surface area contributed by atoms with E-state index in [1.54, 1.807) is 25.3 Å². The summed E-state index contributed by atoms with van der Waals surface area (Å²) in [5.41, 5.74) is 0. The number of nitrogens with zero attached hydrogens (tertiary/aromatic N) is 1. The maximum Gasteiger partial charge on any atom is 0.229 e. The predicted molar refractivity (Wildman–Crippen MR) is 52.8 cm³/mol. The molecule has 0 aliphatic rings. The van der Waals surface area contributed by atoms with Gasteiger partial charge in [-0.1, -0.05) is 13.0 Å². The molecule has 0 radical (unpaired) electrons. The summed E-state index contributed by atoms with van der Waals surface area (Å²) in [6.07, 6.45) is 1.63. The zero-order valence-corrected chi connectivity index (χ0v) is 8.08. The van der Waals surface area contributed by atoms with E-state index < -0.39 is 0 Å². The molecule has 4 heteroatoms. The van der Waals surface area contributed by atoms with Crippen molar-refractivity contribution in [2.75, 3.05) is 11.2 Å². The van der Waals surface area contributed by atoms with Crippen LogP contribution in [0.4, 0.5) is 5.82 Å². The topological polar surface area (TPSA) is 42.0 Å². The number of carbonyl (C=O) groups excluding carboxylic acids is 1. The van der Waals surface area contributed by atoms with Gasteiger partial charge in [0.2, 0.25) is 5.91 Å². The third-order valence-electron chi connectivity index (χ3n) is 1.60. The van der Waals surface area contributed by atoms with Crippen LogP contribution < -0.4 is 5.32 Å². The number of alkyl halides is 1. The highest BCUT2D eigenvalue weighted by Crippen LogP contribution is 2.04. The SMILES string of the molecule is CC(CCl)C(=O)Nc1ccccn1. The van der Waals surface area contributed by atoms with Gasteiger partial charge in [-0.3, -0.25) is 4.79 Å². The Morgan fingerprint density at radius 3 is 3.00 bits per heavy atom. The Bertz CT molecular complexity index is 276. The fourth-order valence-electron chi connectivity index (χ4n) is 0.756. The van der Waals surface area contributed by atoms with E-state index in [0.29, 0.717) is 11.7 Å². The lowest BCUT2D eigenvalue weighted by Gasteiger charge is -2.07. The van der Waals surface area contributed by atoms with Crippen molar-refractivity contribution in [2.24, 2.45) is 5.92 Å². The average Bonchev–Trinajstić information content (AvgIpc) is 2.18. The first-order valence-corrected chi connectivity index (χ1v) is 4.55. The van der Waals surface area contributed by atoms with Crippen LogP contribution in [0.25, 0.3) is 0 Å². The van der Waals surface area contributed by atoms with E-state index >= 15 is 0 Å². The summed E-state index contributed by atoms with van der Waals surface area (Å²) in [4.78, 5) is 15.3. The largest absolute Gasteiger partial charge is 0.310 e. The lowest BCUT2D eigenvalue weighted by atomic mass is 10.2. The second kappa shape index (κ2) is 4.82. The minimum absolute atomic E-state index is 0.103. The van der Waals surface area contributed by atoms with Crippen molar-refractivity contribution >= 4 is 23.3 Å². The molecule has 0 aliphatic carbocycles. The lowest BCUT2D eigenvalue weighted by Crippen LogP contribution is -2.21. The Balaban J connectivity index is 2.55. The van der Waals surface area contributed by atoms with Crippen LogP contribution in [0.1, 0.15) is 6.92 Å². The Labute approximate surface area is 82.1 Å². The summed E-state index contributed by atoms with van der Waals surface area (Å²) in [7, 11) is 0. The van der Waals surface area contributed by atoms with Gasteiger partial charge in [0, 0.05) is 18.0 Å². The minimum atomic E-state index is -0.191. The smallest absolute Gasteiger partial charge is 0.229 e. The van der Waals surface area contributed by atoms with E-state index in [0.717, 1.165) is 0 Å². The first-order chi connectivity index (χ1) is 6.24. The Hall–Kier alpha value is -1.09. The molecule has 0 aromatic carbocycles. The monoisotopic (exact) mass is 198 g/mol. The van der Waals surface area contributed by atoms with Crippen molar-refractivity contribution in [3.8, 4) is 0 Å². The maximum absolute atomic E-state index is 11.3. The van der Waals surface area contributed by atoms with E-state index in [9.17, 15) is 4.79 Å². The normalized spacial score (nSPS) is 12.2. The summed E-state index contributed by atoms with van der Waals surface area (Å²) in [6.45, 7) is 1.77. The standard InChI is InChI=1S/C9H11ClN2O/c1-7(6-10)9(13)12-8-4-2-3-5-11-8/h2-5,7H,6H2,1H3,(H,11,12,13). The number of pyridine rings is 1. The highest BCUT2D eigenvalue weighted by molar-refractivity contribution is 6.19. The number of hydrogen-bond donors (Lipinski definition) is 1. The predicted octanol–water partition coefficient (Wildman–Crippen LogP) is 1.89. The van der Waals surface area contributed by atoms with E-state index in [-0.39, 0.29) is 11.8 Å². The number of anilines is 1. The molecule has 70 valence electrons. The second-order valence-corrected chi connectivity index (χ2v) is 3.07. The van der Waals surface area contributed by atoms with Crippen molar-refractivity contribution in [3.05, 3.63) is 24.4 Å². The van der Waals surface area contributed by atoms with Crippen LogP contribution in [-0.4, -0.2) is 16.8 Å². The van der Waals surface area contributed by atoms with E-state index in [1.807, 2.05) is 6.07 Å². The van der Waals surface area contributed by atoms with E-state index in [4.69, 9.17) is 11.6 Å². The molecular formula is C9H11ClN2O. The molecule has 3 nitrogen and oxygen atoms in total. The van der Waals surface area contributed by atoms with Gasteiger partial charge in [0.25, 0.3) is 0 Å². The minimum Gasteiger partial charge on any atom is -0.310 e. The zero-order valence-electron chi connectivity index (χ0n) is 7.33. The first-order valence-electron chi connectivity index (χ1n) is 4.02. The molecule has 0 fully saturated rings. The fourth-order valence-corrected chi connectivity index (χ4v) is 0.896. The average molecular weight is 199 g/mol. The van der Waals surface area contributed by atoms with Crippen molar-refractivity contribution in [3.63, 3.8) is 0 Å². The molecule has 1 unspecified atom stereocenters. The number of nitrogens with one attached hydrogen (secondary N) is 1. The number of carbonyl (C=O) groups is 1. The molecule has 1 N–H and O–H groups in total. The third-order valence-corrected chi connectivity index (χ3v) is 2.06. The molecule has 1 amide bonds. The van der Waals surface area contributed by atoms with Crippen LogP contribution in [0.15, 0.2) is 24.4 Å². The van der Waals surface area contributed by atoms with Gasteiger partial charge in [0.15, 0.2) is 0 Å². The molecule has 0 saturated heterocycles. The van der Waals surface area contributed by atoms with Gasteiger partial charge in [-0.15, -0.1) is 11.6 Å². The van der Waals surface area contributed by atoms with Crippen LogP contribution >= 0.6 is 11.6 Å². The number of rotatable bonds is 3. The van der Waals surface area contributed by atoms with Crippen molar-refractivity contribution < 1.29 is 4.79 Å². The number of hydrogen-bond acceptors (Lipinski definition) is 2. The highest BCUT2D eigenvalue weighted by Gasteiger charge is 2.11. The molecule has 13 heavy (non-hydrogen) atoms. The quantitative estimate of drug-likeness (QED) is 0.754. The molecule has 1 heterocycles. The molecule has 1 atom stereocenters. The summed E-state index contributed by atoms with van der Waals surface area (Å²) in [5, 5.41) is 2.66. The molecule has 0 aliphatic heterocycles. The molecule has 0 bridgehead atoms. The van der Waals surface area contributed by atoms with Crippen LogP contribution in [0.3, 0.4) is 0 Å². The Morgan fingerprint density at radius 1 is 1.69 bits per heavy atom. The Kier molecular flexibility index (Phi) is 3.71. The van der Waals surface area contributed by atoms with Crippen molar-refractivity contribution in [1.82, 2.24) is 4.98 Å². The van der Waals surface area contributed by atoms with Gasteiger partial charge in [-0.05, 0) is 12.1 Å². The molecular weight excluding hydrogens is 188 g/mol. The van der Waals surface area contributed by atoms with Gasteiger partial charge in [-0.25, -0.2) is 4.98 Å². The maximum atomic E-state index is 11.3. The number of aromatic nitrogens is 1. The summed E-state index contributed by atoms with van der Waals surface area (Å²) < 4.78 is 0. The lowest BCUT2D eigenvalue weighted by molar-refractivity contribution is -0.118. The summed E-state index contributed by atoms with van der Waals surface area (Å²) in [5.74, 6) is 0.584. The zero-order chi connectivity index (χ0) is 9.68. The summed E-state index contributed by atoms with van der Waals surface area (Å²) in [6, 6.07) is 5.34. The fraction of sp³-hybridized carbons (Fsp3) is 0.333. The van der Waals surface area contributed by atoms with Gasteiger partial charge in [0.05, 0.1) is 0 Å². The van der Waals surface area contributed by atoms with Gasteiger partial charge in [0.1, 0.15) is 5.82 Å². The first kappa shape index (κ1) is 9.99.